The van der Waals surface area contributed by atoms with Gasteiger partial charge in [0.25, 0.3) is 0 Å². The lowest BCUT2D eigenvalue weighted by molar-refractivity contribution is -0.870. The van der Waals surface area contributed by atoms with Crippen molar-refractivity contribution in [2.75, 3.05) is 40.9 Å². The minimum atomic E-state index is -4.32. The Morgan fingerprint density at radius 1 is 0.647 bits per heavy atom. The number of likely N-dealkylation sites (N-methyl/N-ethyl adjacent to an activating group) is 1. The third kappa shape index (κ3) is 37.4. The maximum absolute atomic E-state index is 12.8. The van der Waals surface area contributed by atoms with E-state index < -0.39 is 20.0 Å². The van der Waals surface area contributed by atoms with Crippen molar-refractivity contribution in [1.82, 2.24) is 5.32 Å². The van der Waals surface area contributed by atoms with E-state index in [9.17, 15) is 19.4 Å². The summed E-state index contributed by atoms with van der Waals surface area (Å²) in [5.74, 6) is -0.176. The summed E-state index contributed by atoms with van der Waals surface area (Å²) < 4.78 is 23.5. The van der Waals surface area contributed by atoms with Crippen LogP contribution in [0.25, 0.3) is 0 Å². The van der Waals surface area contributed by atoms with E-state index in [1.807, 2.05) is 27.2 Å². The predicted octanol–water partition coefficient (Wildman–Crippen LogP) is 11.6. The quantitative estimate of drug-likeness (QED) is 0.0250. The van der Waals surface area contributed by atoms with Gasteiger partial charge in [-0.3, -0.25) is 13.8 Å². The van der Waals surface area contributed by atoms with Crippen molar-refractivity contribution in [1.29, 1.82) is 0 Å². The fraction of sp³-hybridized carbons (Fsp3) is 0.929. The highest BCUT2D eigenvalue weighted by molar-refractivity contribution is 7.47. The van der Waals surface area contributed by atoms with Crippen LogP contribution in [0.5, 0.6) is 0 Å². The zero-order valence-corrected chi connectivity index (χ0v) is 35.3. The fourth-order valence-electron chi connectivity index (χ4n) is 6.28. The summed E-state index contributed by atoms with van der Waals surface area (Å²) in [6, 6.07) is -0.838. The molecule has 0 saturated carbocycles. The maximum atomic E-state index is 12.8. The number of quaternary nitrogens is 1. The van der Waals surface area contributed by atoms with Gasteiger partial charge in [-0.25, -0.2) is 4.57 Å². The molecule has 3 atom stereocenters. The van der Waals surface area contributed by atoms with Gasteiger partial charge in [0.1, 0.15) is 13.2 Å². The van der Waals surface area contributed by atoms with Gasteiger partial charge in [0.05, 0.1) is 39.9 Å². The van der Waals surface area contributed by atoms with Gasteiger partial charge in [-0.1, -0.05) is 187 Å². The normalized spacial score (nSPS) is 14.6. The highest BCUT2D eigenvalue weighted by atomic mass is 31.2. The number of amides is 1. The smallest absolute Gasteiger partial charge is 0.387 e. The molecule has 0 fully saturated rings. The largest absolute Gasteiger partial charge is 0.472 e. The number of rotatable bonds is 39. The van der Waals surface area contributed by atoms with Gasteiger partial charge >= 0.3 is 7.82 Å². The molecule has 0 aromatic heterocycles. The second-order valence-electron chi connectivity index (χ2n) is 16.1. The van der Waals surface area contributed by atoms with Crippen LogP contribution in [0, 0.1) is 0 Å². The van der Waals surface area contributed by atoms with Crippen LogP contribution >= 0.6 is 7.82 Å². The Labute approximate surface area is 316 Å². The number of aliphatic hydroxyl groups is 1. The van der Waals surface area contributed by atoms with Gasteiger partial charge in [-0.15, -0.1) is 0 Å². The summed E-state index contributed by atoms with van der Waals surface area (Å²) in [4.78, 5) is 23.0. The number of nitrogens with one attached hydrogen (secondary N) is 1. The number of nitrogens with zero attached hydrogens (tertiary/aromatic N) is 1. The zero-order valence-electron chi connectivity index (χ0n) is 34.4. The predicted molar refractivity (Wildman–Crippen MR) is 217 cm³/mol. The van der Waals surface area contributed by atoms with E-state index >= 15 is 0 Å². The van der Waals surface area contributed by atoms with E-state index in [1.54, 1.807) is 6.08 Å². The van der Waals surface area contributed by atoms with Crippen LogP contribution in [0.1, 0.15) is 200 Å². The molecule has 0 aliphatic rings. The molecule has 0 saturated heterocycles. The van der Waals surface area contributed by atoms with E-state index in [0.29, 0.717) is 17.4 Å². The molecular weight excluding hydrogens is 659 g/mol. The second kappa shape index (κ2) is 35.0. The Bertz CT molecular complexity index is 850. The number of phosphoric ester groups is 1. The van der Waals surface area contributed by atoms with Crippen molar-refractivity contribution >= 4 is 13.7 Å². The average molecular weight is 746 g/mol. The third-order valence-corrected chi connectivity index (χ3v) is 10.7. The molecule has 3 N–H and O–H groups in total. The summed E-state index contributed by atoms with van der Waals surface area (Å²) in [6.45, 7) is 4.80. The van der Waals surface area contributed by atoms with Crippen LogP contribution in [-0.4, -0.2) is 73.4 Å². The lowest BCUT2D eigenvalue weighted by Gasteiger charge is -2.25. The Morgan fingerprint density at radius 2 is 1.04 bits per heavy atom. The van der Waals surface area contributed by atoms with Crippen LogP contribution in [0.15, 0.2) is 12.2 Å². The first-order chi connectivity index (χ1) is 24.5. The topological polar surface area (TPSA) is 105 Å². The monoisotopic (exact) mass is 746 g/mol. The van der Waals surface area contributed by atoms with Crippen molar-refractivity contribution in [3.8, 4) is 0 Å². The highest BCUT2D eigenvalue weighted by Crippen LogP contribution is 2.43. The number of allylic oxidation sites excluding steroid dienone is 1. The average Bonchev–Trinajstić information content (AvgIpc) is 3.07. The number of unbranched alkanes of at least 4 members (excludes halogenated alkanes) is 26. The molecule has 0 aliphatic carbocycles. The molecule has 304 valence electrons. The first kappa shape index (κ1) is 50.2. The fourth-order valence-corrected chi connectivity index (χ4v) is 7.01. The molecule has 0 bridgehead atoms. The summed E-state index contributed by atoms with van der Waals surface area (Å²) in [7, 11) is 1.58. The van der Waals surface area contributed by atoms with Crippen LogP contribution in [0.2, 0.25) is 0 Å². The maximum Gasteiger partial charge on any atom is 0.472 e. The zero-order chi connectivity index (χ0) is 37.9. The Balaban J connectivity index is 4.30. The number of aliphatic hydroxyl groups excluding tert-OH is 1. The van der Waals surface area contributed by atoms with Crippen LogP contribution < -0.4 is 5.32 Å². The molecule has 0 aromatic rings. The van der Waals surface area contributed by atoms with Crippen LogP contribution in [-0.2, 0) is 18.4 Å². The third-order valence-electron chi connectivity index (χ3n) is 9.76. The van der Waals surface area contributed by atoms with E-state index in [-0.39, 0.29) is 19.1 Å². The lowest BCUT2D eigenvalue weighted by Crippen LogP contribution is -2.45. The van der Waals surface area contributed by atoms with E-state index in [4.69, 9.17) is 9.05 Å². The number of carbonyl (C=O) groups excluding carboxylic acids is 1. The standard InChI is InChI=1S/C42H85N2O6P/c1-6-8-10-12-14-16-18-19-20-21-22-23-24-25-26-28-30-32-34-36-42(46)43-40(39-50-51(47,48)49-38-37-44(3,4)5)41(45)35-33-31-29-27-17-15-13-11-9-7-2/h33,35,40-41,45H,6-32,34,36-39H2,1-5H3,(H-,43,46,47,48)/p+1/b35-33+. The van der Waals surface area contributed by atoms with Gasteiger partial charge in [-0.2, -0.15) is 0 Å². The molecule has 51 heavy (non-hydrogen) atoms. The Kier molecular flexibility index (Phi) is 34.5. The van der Waals surface area contributed by atoms with Crippen molar-refractivity contribution in [2.45, 2.75) is 212 Å². The minimum absolute atomic E-state index is 0.0643. The second-order valence-corrected chi connectivity index (χ2v) is 17.5. The van der Waals surface area contributed by atoms with E-state index in [0.717, 1.165) is 38.5 Å². The summed E-state index contributed by atoms with van der Waals surface area (Å²) >= 11 is 0. The molecular formula is C42H86N2O6P+. The van der Waals surface area contributed by atoms with E-state index in [2.05, 4.69) is 19.2 Å². The van der Waals surface area contributed by atoms with Gasteiger partial charge in [0.15, 0.2) is 0 Å². The molecule has 0 heterocycles. The SMILES string of the molecule is CCCCCCCCCC/C=C/C(O)C(COP(=O)(O)OCC[N+](C)(C)C)NC(=O)CCCCCCCCCCCCCCCCCCCCC. The molecule has 9 heteroatoms. The lowest BCUT2D eigenvalue weighted by atomic mass is 10.0. The van der Waals surface area contributed by atoms with Gasteiger partial charge < -0.3 is 19.8 Å². The number of hydrogen-bond donors (Lipinski definition) is 3. The Hall–Kier alpha value is -0.760. The van der Waals surface area contributed by atoms with Crippen LogP contribution in [0.3, 0.4) is 0 Å². The van der Waals surface area contributed by atoms with Crippen molar-refractivity contribution in [2.24, 2.45) is 0 Å². The van der Waals surface area contributed by atoms with Crippen molar-refractivity contribution < 1.29 is 32.9 Å². The molecule has 0 rings (SSSR count). The summed E-state index contributed by atoms with van der Waals surface area (Å²) in [5.41, 5.74) is 0. The van der Waals surface area contributed by atoms with E-state index in [1.165, 1.54) is 141 Å². The van der Waals surface area contributed by atoms with Crippen molar-refractivity contribution in [3.63, 3.8) is 0 Å². The first-order valence-corrected chi connectivity index (χ1v) is 23.1. The van der Waals surface area contributed by atoms with Gasteiger partial charge in [0.2, 0.25) is 5.91 Å². The number of hydrogen-bond acceptors (Lipinski definition) is 5. The molecule has 0 aliphatic heterocycles. The Morgan fingerprint density at radius 3 is 1.45 bits per heavy atom. The molecule has 0 spiro atoms. The van der Waals surface area contributed by atoms with Crippen molar-refractivity contribution in [3.05, 3.63) is 12.2 Å². The molecule has 3 unspecified atom stereocenters. The van der Waals surface area contributed by atoms with Gasteiger partial charge in [0, 0.05) is 6.42 Å². The number of phosphoric acid groups is 1. The molecule has 0 radical (unpaired) electrons. The first-order valence-electron chi connectivity index (χ1n) is 21.6. The number of carbonyl (C=O) groups is 1. The summed E-state index contributed by atoms with van der Waals surface area (Å²) in [6.07, 6.45) is 38.5. The highest BCUT2D eigenvalue weighted by Gasteiger charge is 2.27. The molecule has 8 nitrogen and oxygen atoms in total. The summed E-state index contributed by atoms with van der Waals surface area (Å²) in [5, 5.41) is 13.8. The van der Waals surface area contributed by atoms with Crippen LogP contribution in [0.4, 0.5) is 0 Å². The van der Waals surface area contributed by atoms with Gasteiger partial charge in [-0.05, 0) is 19.3 Å². The molecule has 0 aromatic carbocycles. The molecule has 1 amide bonds. The minimum Gasteiger partial charge on any atom is -0.387 e.